The van der Waals surface area contributed by atoms with Gasteiger partial charge in [-0.05, 0) is 56.3 Å². The second kappa shape index (κ2) is 9.35. The van der Waals surface area contributed by atoms with Gasteiger partial charge in [-0.15, -0.1) is 0 Å². The Kier molecular flexibility index (Phi) is 6.88. The van der Waals surface area contributed by atoms with Crippen molar-refractivity contribution in [2.75, 3.05) is 13.1 Å². The molecule has 3 rings (SSSR count). The number of hydrogen-bond acceptors (Lipinski definition) is 3. The van der Waals surface area contributed by atoms with E-state index in [1.54, 1.807) is 0 Å². The third kappa shape index (κ3) is 5.82. The summed E-state index contributed by atoms with van der Waals surface area (Å²) in [6.45, 7) is 4.07. The lowest BCUT2D eigenvalue weighted by Crippen LogP contribution is -2.37. The van der Waals surface area contributed by atoms with Crippen molar-refractivity contribution in [3.63, 3.8) is 0 Å². The third-order valence-electron chi connectivity index (χ3n) is 5.65. The highest BCUT2D eigenvalue weighted by molar-refractivity contribution is 5.78. The maximum Gasteiger partial charge on any atom is 0.223 e. The lowest BCUT2D eigenvalue weighted by molar-refractivity contribution is -0.126. The largest absolute Gasteiger partial charge is 0.352 e. The van der Waals surface area contributed by atoms with Crippen molar-refractivity contribution in [2.24, 2.45) is 11.7 Å². The van der Waals surface area contributed by atoms with Gasteiger partial charge in [-0.1, -0.05) is 43.5 Å². The number of carbonyl (C=O) groups is 1. The summed E-state index contributed by atoms with van der Waals surface area (Å²) in [7, 11) is 0. The summed E-state index contributed by atoms with van der Waals surface area (Å²) in [5.41, 5.74) is 8.56. The van der Waals surface area contributed by atoms with Gasteiger partial charge in [0.2, 0.25) is 5.91 Å². The van der Waals surface area contributed by atoms with E-state index in [0.717, 1.165) is 32.2 Å². The molecule has 1 heterocycles. The van der Waals surface area contributed by atoms with Crippen LogP contribution in [0.25, 0.3) is 0 Å². The van der Waals surface area contributed by atoms with Crippen LogP contribution in [0, 0.1) is 5.92 Å². The number of nitrogens with two attached hydrogens (primary N) is 1. The Morgan fingerprint density at radius 2 is 1.84 bits per heavy atom. The minimum Gasteiger partial charge on any atom is -0.352 e. The average Bonchev–Trinajstić information content (AvgIpc) is 2.89. The van der Waals surface area contributed by atoms with E-state index in [1.807, 2.05) is 0 Å². The predicted octanol–water partition coefficient (Wildman–Crippen LogP) is 3.20. The molecule has 1 saturated heterocycles. The summed E-state index contributed by atoms with van der Waals surface area (Å²) < 4.78 is 0. The zero-order valence-electron chi connectivity index (χ0n) is 15.4. The maximum atomic E-state index is 12.4. The number of nitrogens with zero attached hydrogens (tertiary/aromatic N) is 1. The van der Waals surface area contributed by atoms with Crippen molar-refractivity contribution in [1.82, 2.24) is 10.2 Å². The number of benzene rings is 1. The minimum atomic E-state index is 0.101. The Labute approximate surface area is 152 Å². The van der Waals surface area contributed by atoms with E-state index in [0.29, 0.717) is 6.54 Å². The SMILES string of the molecule is NC1CCCC(C(=O)NCc2cccc(CN3CCCCCC3)c2)C1. The van der Waals surface area contributed by atoms with Crippen LogP contribution in [0.15, 0.2) is 24.3 Å². The van der Waals surface area contributed by atoms with Crippen molar-refractivity contribution in [3.8, 4) is 0 Å². The normalized spacial score (nSPS) is 25.3. The smallest absolute Gasteiger partial charge is 0.223 e. The van der Waals surface area contributed by atoms with E-state index >= 15 is 0 Å². The molecule has 1 aromatic carbocycles. The Morgan fingerprint density at radius 1 is 1.08 bits per heavy atom. The van der Waals surface area contributed by atoms with Crippen molar-refractivity contribution >= 4 is 5.91 Å². The summed E-state index contributed by atoms with van der Waals surface area (Å²) >= 11 is 0. The van der Waals surface area contributed by atoms with Gasteiger partial charge in [0.05, 0.1) is 0 Å². The summed E-state index contributed by atoms with van der Waals surface area (Å²) in [6.07, 6.45) is 9.32. The molecular weight excluding hydrogens is 310 g/mol. The van der Waals surface area contributed by atoms with Crippen LogP contribution in [0.2, 0.25) is 0 Å². The van der Waals surface area contributed by atoms with Gasteiger partial charge in [0.1, 0.15) is 0 Å². The quantitative estimate of drug-likeness (QED) is 0.863. The molecule has 1 amide bonds. The Bertz CT molecular complexity index is 552. The molecule has 0 radical (unpaired) electrons. The standard InChI is InChI=1S/C21H33N3O/c22-20-10-6-9-19(14-20)21(25)23-15-17-7-5-8-18(13-17)16-24-11-3-1-2-4-12-24/h5,7-8,13,19-20H,1-4,6,9-12,14-16,22H2,(H,23,25). The zero-order valence-corrected chi connectivity index (χ0v) is 15.4. The van der Waals surface area contributed by atoms with E-state index in [9.17, 15) is 4.79 Å². The fourth-order valence-corrected chi connectivity index (χ4v) is 4.19. The molecular formula is C21H33N3O. The molecule has 2 atom stereocenters. The Morgan fingerprint density at radius 3 is 2.60 bits per heavy atom. The molecule has 1 aliphatic heterocycles. The number of nitrogens with one attached hydrogen (secondary N) is 1. The molecule has 2 unspecified atom stereocenters. The Hall–Kier alpha value is -1.39. The highest BCUT2D eigenvalue weighted by atomic mass is 16.1. The molecule has 25 heavy (non-hydrogen) atoms. The van der Waals surface area contributed by atoms with Crippen LogP contribution in [0.3, 0.4) is 0 Å². The van der Waals surface area contributed by atoms with Crippen LogP contribution in [0.5, 0.6) is 0 Å². The molecule has 1 aromatic rings. The predicted molar refractivity (Wildman–Crippen MR) is 102 cm³/mol. The number of amides is 1. The van der Waals surface area contributed by atoms with E-state index in [1.165, 1.54) is 49.9 Å². The van der Waals surface area contributed by atoms with Crippen LogP contribution in [0.4, 0.5) is 0 Å². The van der Waals surface area contributed by atoms with Crippen molar-refractivity contribution < 1.29 is 4.79 Å². The van der Waals surface area contributed by atoms with Crippen LogP contribution in [-0.2, 0) is 17.9 Å². The molecule has 138 valence electrons. The van der Waals surface area contributed by atoms with Crippen molar-refractivity contribution in [2.45, 2.75) is 70.5 Å². The molecule has 2 aliphatic rings. The number of hydrogen-bond donors (Lipinski definition) is 2. The van der Waals surface area contributed by atoms with Crippen molar-refractivity contribution in [1.29, 1.82) is 0 Å². The monoisotopic (exact) mass is 343 g/mol. The van der Waals surface area contributed by atoms with Crippen LogP contribution < -0.4 is 11.1 Å². The highest BCUT2D eigenvalue weighted by Crippen LogP contribution is 2.23. The number of likely N-dealkylation sites (tertiary alicyclic amines) is 1. The summed E-state index contributed by atoms with van der Waals surface area (Å²) in [5, 5.41) is 3.12. The first kappa shape index (κ1) is 18.4. The third-order valence-corrected chi connectivity index (χ3v) is 5.65. The first-order valence-electron chi connectivity index (χ1n) is 10.0. The second-order valence-electron chi connectivity index (χ2n) is 7.85. The van der Waals surface area contributed by atoms with E-state index in [4.69, 9.17) is 5.73 Å². The van der Waals surface area contributed by atoms with Crippen LogP contribution >= 0.6 is 0 Å². The summed E-state index contributed by atoms with van der Waals surface area (Å²) in [5.74, 6) is 0.275. The van der Waals surface area contributed by atoms with E-state index in [-0.39, 0.29) is 17.9 Å². The molecule has 4 heteroatoms. The van der Waals surface area contributed by atoms with Gasteiger partial charge in [0.25, 0.3) is 0 Å². The fourth-order valence-electron chi connectivity index (χ4n) is 4.19. The molecule has 0 aromatic heterocycles. The van der Waals surface area contributed by atoms with Gasteiger partial charge in [0, 0.05) is 25.0 Å². The molecule has 2 fully saturated rings. The van der Waals surface area contributed by atoms with E-state index in [2.05, 4.69) is 34.5 Å². The first-order chi connectivity index (χ1) is 12.2. The molecule has 0 bridgehead atoms. The van der Waals surface area contributed by atoms with Crippen LogP contribution in [0.1, 0.15) is 62.5 Å². The van der Waals surface area contributed by atoms with Crippen LogP contribution in [-0.4, -0.2) is 29.9 Å². The Balaban J connectivity index is 1.50. The van der Waals surface area contributed by atoms with Gasteiger partial charge >= 0.3 is 0 Å². The number of rotatable bonds is 5. The second-order valence-corrected chi connectivity index (χ2v) is 7.85. The zero-order chi connectivity index (χ0) is 17.5. The molecule has 0 spiro atoms. The fraction of sp³-hybridized carbons (Fsp3) is 0.667. The van der Waals surface area contributed by atoms with Gasteiger partial charge in [-0.3, -0.25) is 9.69 Å². The summed E-state index contributed by atoms with van der Waals surface area (Å²) in [4.78, 5) is 14.9. The molecule has 1 aliphatic carbocycles. The minimum absolute atomic E-state index is 0.101. The maximum absolute atomic E-state index is 12.4. The highest BCUT2D eigenvalue weighted by Gasteiger charge is 2.24. The average molecular weight is 344 g/mol. The van der Waals surface area contributed by atoms with Gasteiger partial charge < -0.3 is 11.1 Å². The molecule has 4 nitrogen and oxygen atoms in total. The lowest BCUT2D eigenvalue weighted by Gasteiger charge is -2.25. The van der Waals surface area contributed by atoms with E-state index < -0.39 is 0 Å². The molecule has 3 N–H and O–H groups in total. The van der Waals surface area contributed by atoms with Gasteiger partial charge in [-0.2, -0.15) is 0 Å². The molecule has 1 saturated carbocycles. The summed E-state index contributed by atoms with van der Waals surface area (Å²) in [6, 6.07) is 8.87. The first-order valence-corrected chi connectivity index (χ1v) is 10.0. The topological polar surface area (TPSA) is 58.4 Å². The van der Waals surface area contributed by atoms with Gasteiger partial charge in [-0.25, -0.2) is 0 Å². The van der Waals surface area contributed by atoms with Crippen molar-refractivity contribution in [3.05, 3.63) is 35.4 Å². The number of carbonyl (C=O) groups excluding carboxylic acids is 1. The lowest BCUT2D eigenvalue weighted by atomic mass is 9.85. The van der Waals surface area contributed by atoms with Gasteiger partial charge in [0.15, 0.2) is 0 Å².